The molecule has 0 amide bonds. The highest BCUT2D eigenvalue weighted by molar-refractivity contribution is 5.30. The molecule has 2 rings (SSSR count). The van der Waals surface area contributed by atoms with E-state index in [1.807, 2.05) is 0 Å². The van der Waals surface area contributed by atoms with Gasteiger partial charge in [-0.2, -0.15) is 0 Å². The third-order valence-corrected chi connectivity index (χ3v) is 3.66. The first-order chi connectivity index (χ1) is 7.16. The van der Waals surface area contributed by atoms with E-state index in [1.165, 1.54) is 36.2 Å². The zero-order valence-corrected chi connectivity index (χ0v) is 10.0. The van der Waals surface area contributed by atoms with E-state index in [-0.39, 0.29) is 0 Å². The molecule has 0 radical (unpaired) electrons. The van der Waals surface area contributed by atoms with Crippen LogP contribution >= 0.6 is 0 Å². The van der Waals surface area contributed by atoms with E-state index in [1.54, 1.807) is 0 Å². The molecular formula is C14H21N. The topological polar surface area (TPSA) is 12.0 Å². The highest BCUT2D eigenvalue weighted by atomic mass is 14.9. The van der Waals surface area contributed by atoms with Gasteiger partial charge in [0, 0.05) is 0 Å². The molecule has 1 fully saturated rings. The second-order valence-electron chi connectivity index (χ2n) is 5.03. The number of hydrogen-bond acceptors (Lipinski definition) is 1. The Kier molecular flexibility index (Phi) is 3.11. The minimum absolute atomic E-state index is 0.825. The molecule has 1 N–H and O–H groups in total. The van der Waals surface area contributed by atoms with Crippen LogP contribution in [0.3, 0.4) is 0 Å². The maximum atomic E-state index is 3.47. The fourth-order valence-corrected chi connectivity index (χ4v) is 2.49. The molecule has 1 aromatic rings. The highest BCUT2D eigenvalue weighted by Crippen LogP contribution is 2.22. The van der Waals surface area contributed by atoms with Gasteiger partial charge in [0.05, 0.1) is 0 Å². The number of hydrogen-bond donors (Lipinski definition) is 1. The summed E-state index contributed by atoms with van der Waals surface area (Å²) >= 11 is 0. The molecule has 0 saturated carbocycles. The van der Waals surface area contributed by atoms with Gasteiger partial charge < -0.3 is 5.32 Å². The first-order valence-electron chi connectivity index (χ1n) is 5.93. The maximum absolute atomic E-state index is 3.47. The van der Waals surface area contributed by atoms with Crippen LogP contribution in [-0.4, -0.2) is 13.1 Å². The SMILES string of the molecule is Cc1ccc(C[C@@H]2CNC[C@H]2C)c(C)c1. The number of rotatable bonds is 2. The van der Waals surface area contributed by atoms with Crippen molar-refractivity contribution in [3.8, 4) is 0 Å². The molecule has 1 heterocycles. The van der Waals surface area contributed by atoms with Crippen molar-refractivity contribution in [3.63, 3.8) is 0 Å². The van der Waals surface area contributed by atoms with Crippen molar-refractivity contribution in [2.45, 2.75) is 27.2 Å². The van der Waals surface area contributed by atoms with Gasteiger partial charge in [0.2, 0.25) is 0 Å². The summed E-state index contributed by atoms with van der Waals surface area (Å²) in [7, 11) is 0. The lowest BCUT2D eigenvalue weighted by molar-refractivity contribution is 0.450. The van der Waals surface area contributed by atoms with Gasteiger partial charge in [-0.05, 0) is 56.3 Å². The van der Waals surface area contributed by atoms with E-state index in [9.17, 15) is 0 Å². The van der Waals surface area contributed by atoms with Crippen LogP contribution in [0.25, 0.3) is 0 Å². The quantitative estimate of drug-likeness (QED) is 0.779. The van der Waals surface area contributed by atoms with Gasteiger partial charge >= 0.3 is 0 Å². The first kappa shape index (κ1) is 10.7. The van der Waals surface area contributed by atoms with Crippen LogP contribution in [0.4, 0.5) is 0 Å². The van der Waals surface area contributed by atoms with E-state index in [0.29, 0.717) is 0 Å². The summed E-state index contributed by atoms with van der Waals surface area (Å²) in [4.78, 5) is 0. The smallest absolute Gasteiger partial charge is 0.00142 e. The molecule has 82 valence electrons. The summed E-state index contributed by atoms with van der Waals surface area (Å²) in [5, 5.41) is 3.47. The van der Waals surface area contributed by atoms with E-state index >= 15 is 0 Å². The number of aryl methyl sites for hydroxylation is 2. The molecule has 0 spiro atoms. The van der Waals surface area contributed by atoms with Crippen molar-refractivity contribution in [3.05, 3.63) is 34.9 Å². The fourth-order valence-electron chi connectivity index (χ4n) is 2.49. The van der Waals surface area contributed by atoms with E-state index in [4.69, 9.17) is 0 Å². The molecule has 0 bridgehead atoms. The van der Waals surface area contributed by atoms with Crippen LogP contribution in [0.1, 0.15) is 23.6 Å². The van der Waals surface area contributed by atoms with Crippen molar-refractivity contribution in [2.24, 2.45) is 11.8 Å². The summed E-state index contributed by atoms with van der Waals surface area (Å²) in [5.41, 5.74) is 4.35. The van der Waals surface area contributed by atoms with Gasteiger partial charge in [-0.15, -0.1) is 0 Å². The number of benzene rings is 1. The van der Waals surface area contributed by atoms with Gasteiger partial charge in [0.1, 0.15) is 0 Å². The molecule has 1 aliphatic rings. The van der Waals surface area contributed by atoms with Gasteiger partial charge in [-0.3, -0.25) is 0 Å². The second kappa shape index (κ2) is 4.36. The molecule has 0 aromatic heterocycles. The molecular weight excluding hydrogens is 182 g/mol. The third kappa shape index (κ3) is 2.40. The zero-order valence-electron chi connectivity index (χ0n) is 10.0. The van der Waals surface area contributed by atoms with Crippen LogP contribution in [0.2, 0.25) is 0 Å². The monoisotopic (exact) mass is 203 g/mol. The van der Waals surface area contributed by atoms with Crippen molar-refractivity contribution in [1.82, 2.24) is 5.32 Å². The molecule has 0 unspecified atom stereocenters. The van der Waals surface area contributed by atoms with Crippen molar-refractivity contribution in [1.29, 1.82) is 0 Å². The van der Waals surface area contributed by atoms with Gasteiger partial charge in [0.15, 0.2) is 0 Å². The molecule has 1 saturated heterocycles. The molecule has 1 aromatic carbocycles. The summed E-state index contributed by atoms with van der Waals surface area (Å²) in [6, 6.07) is 6.83. The van der Waals surface area contributed by atoms with Crippen molar-refractivity contribution >= 4 is 0 Å². The number of nitrogens with one attached hydrogen (secondary N) is 1. The Labute approximate surface area is 92.9 Å². The lowest BCUT2D eigenvalue weighted by Crippen LogP contribution is -2.13. The van der Waals surface area contributed by atoms with E-state index in [0.717, 1.165) is 11.8 Å². The van der Waals surface area contributed by atoms with Gasteiger partial charge in [0.25, 0.3) is 0 Å². The average Bonchev–Trinajstić information content (AvgIpc) is 2.57. The maximum Gasteiger partial charge on any atom is -0.00142 e. The Balaban J connectivity index is 2.10. The Bertz CT molecular complexity index is 343. The summed E-state index contributed by atoms with van der Waals surface area (Å²) < 4.78 is 0. The Morgan fingerprint density at radius 1 is 1.27 bits per heavy atom. The predicted octanol–water partition coefficient (Wildman–Crippen LogP) is 2.70. The molecule has 15 heavy (non-hydrogen) atoms. The lowest BCUT2D eigenvalue weighted by atomic mass is 9.89. The van der Waals surface area contributed by atoms with Crippen LogP contribution in [0.5, 0.6) is 0 Å². The normalized spacial score (nSPS) is 25.8. The Morgan fingerprint density at radius 2 is 2.07 bits per heavy atom. The molecule has 1 heteroatoms. The van der Waals surface area contributed by atoms with Crippen LogP contribution in [0, 0.1) is 25.7 Å². The molecule has 2 atom stereocenters. The van der Waals surface area contributed by atoms with E-state index in [2.05, 4.69) is 44.3 Å². The van der Waals surface area contributed by atoms with Crippen LogP contribution in [-0.2, 0) is 6.42 Å². The van der Waals surface area contributed by atoms with Gasteiger partial charge in [-0.25, -0.2) is 0 Å². The van der Waals surface area contributed by atoms with Crippen molar-refractivity contribution in [2.75, 3.05) is 13.1 Å². The van der Waals surface area contributed by atoms with Crippen LogP contribution in [0.15, 0.2) is 18.2 Å². The standard InChI is InChI=1S/C14H21N/c1-10-4-5-13(11(2)6-10)7-14-9-15-8-12(14)3/h4-6,12,14-15H,7-9H2,1-3H3/t12-,14-/m1/s1. The summed E-state index contributed by atoms with van der Waals surface area (Å²) in [6.07, 6.45) is 1.24. The summed E-state index contributed by atoms with van der Waals surface area (Å²) in [6.45, 7) is 9.13. The largest absolute Gasteiger partial charge is 0.316 e. The first-order valence-corrected chi connectivity index (χ1v) is 5.93. The molecule has 1 nitrogen and oxygen atoms in total. The van der Waals surface area contributed by atoms with E-state index < -0.39 is 0 Å². The fraction of sp³-hybridized carbons (Fsp3) is 0.571. The molecule has 1 aliphatic heterocycles. The minimum Gasteiger partial charge on any atom is -0.316 e. The third-order valence-electron chi connectivity index (χ3n) is 3.66. The lowest BCUT2D eigenvalue weighted by Gasteiger charge is -2.15. The second-order valence-corrected chi connectivity index (χ2v) is 5.03. The summed E-state index contributed by atoms with van der Waals surface area (Å²) in [5.74, 6) is 1.65. The van der Waals surface area contributed by atoms with Crippen LogP contribution < -0.4 is 5.32 Å². The molecule has 0 aliphatic carbocycles. The Hall–Kier alpha value is -0.820. The minimum atomic E-state index is 0.825. The Morgan fingerprint density at radius 3 is 2.67 bits per heavy atom. The zero-order chi connectivity index (χ0) is 10.8. The highest BCUT2D eigenvalue weighted by Gasteiger charge is 2.23. The average molecular weight is 203 g/mol. The predicted molar refractivity (Wildman–Crippen MR) is 65.1 cm³/mol. The van der Waals surface area contributed by atoms with Gasteiger partial charge in [-0.1, -0.05) is 30.7 Å². The van der Waals surface area contributed by atoms with Crippen molar-refractivity contribution < 1.29 is 0 Å².